The number of amides is 18. The van der Waals surface area contributed by atoms with Gasteiger partial charge in [-0.25, -0.2) is 0 Å². The zero-order chi connectivity index (χ0) is 95.9. The molecule has 7 aliphatic rings. The number of nitrogens with zero attached hydrogens (tertiary/aromatic N) is 3. The fourth-order valence-electron chi connectivity index (χ4n) is 15.6. The van der Waals surface area contributed by atoms with Crippen molar-refractivity contribution in [2.75, 3.05) is 71.2 Å². The molecule has 7 saturated heterocycles. The van der Waals surface area contributed by atoms with Crippen molar-refractivity contribution in [3.8, 4) is 0 Å². The Morgan fingerprint density at radius 1 is 0.269 bits per heavy atom. The fourth-order valence-corrected chi connectivity index (χ4v) is 15.9. The van der Waals surface area contributed by atoms with E-state index in [0.717, 1.165) is 14.7 Å². The molecular formula is C75H110N22O32S. The van der Waals surface area contributed by atoms with E-state index >= 15 is 9.59 Å². The lowest BCUT2D eigenvalue weighted by Gasteiger charge is -2.32. The molecule has 54 nitrogen and oxygen atoms in total. The highest BCUT2D eigenvalue weighted by molar-refractivity contribution is 7.80. The van der Waals surface area contributed by atoms with Crippen LogP contribution in [0, 0.1) is 0 Å². The fraction of sp³-hybridized carbons (Fsp3) is 0.667. The highest BCUT2D eigenvalue weighted by Crippen LogP contribution is 2.24. The third-order valence-electron chi connectivity index (χ3n) is 22.2. The van der Waals surface area contributed by atoms with Crippen LogP contribution in [0.25, 0.3) is 0 Å². The van der Waals surface area contributed by atoms with Crippen LogP contribution < -0.4 is 101 Å². The van der Waals surface area contributed by atoms with Crippen molar-refractivity contribution in [3.05, 3.63) is 0 Å². The summed E-state index contributed by atoms with van der Waals surface area (Å²) in [7, 11) is 0. The van der Waals surface area contributed by atoms with Crippen LogP contribution in [-0.2, 0) is 120 Å². The summed E-state index contributed by atoms with van der Waals surface area (Å²) in [6.07, 6.45) is -6.24. The minimum atomic E-state index is -2.37. The number of nitrogens with two attached hydrogens (primary N) is 1. The van der Waals surface area contributed by atoms with Gasteiger partial charge < -0.3 is 152 Å². The third-order valence-corrected chi connectivity index (χ3v) is 22.6. The summed E-state index contributed by atoms with van der Waals surface area (Å²) in [5.41, 5.74) is 5.34. The number of likely N-dealkylation sites (tertiary alicyclic amines) is 3. The largest absolute Gasteiger partial charge is 0.481 e. The molecule has 0 aliphatic carbocycles. The van der Waals surface area contributed by atoms with Crippen molar-refractivity contribution in [1.82, 2.24) is 110 Å². The maximum absolute atomic E-state index is 15.2. The van der Waals surface area contributed by atoms with E-state index in [-0.39, 0.29) is 51.4 Å². The van der Waals surface area contributed by atoms with Gasteiger partial charge in [-0.05, 0) is 116 Å². The Labute approximate surface area is 744 Å². The van der Waals surface area contributed by atoms with Crippen LogP contribution in [0.5, 0.6) is 0 Å². The molecule has 0 aromatic heterocycles. The summed E-state index contributed by atoms with van der Waals surface area (Å²) in [5.74, 6) is -34.1. The molecule has 55 heteroatoms. The summed E-state index contributed by atoms with van der Waals surface area (Å²) in [6, 6.07) is -31.0. The summed E-state index contributed by atoms with van der Waals surface area (Å²) in [5, 5.41) is 112. The molecule has 7 rings (SSSR count). The summed E-state index contributed by atoms with van der Waals surface area (Å²) in [6.45, 7) is -3.03. The molecule has 7 fully saturated rings. The minimum Gasteiger partial charge on any atom is -0.481 e. The van der Waals surface area contributed by atoms with Gasteiger partial charge in [0.2, 0.25) is 106 Å². The smallest absolute Gasteiger partial charge is 0.305 e. The minimum absolute atomic E-state index is 0.0817. The normalized spacial score (nSPS) is 21.7. The molecule has 27 N–H and O–H groups in total. The second kappa shape index (κ2) is 50.0. The number of carbonyl (C=O) groups excluding carboxylic acids is 18. The van der Waals surface area contributed by atoms with Gasteiger partial charge in [-0.3, -0.25) is 120 Å². The van der Waals surface area contributed by atoms with Crippen LogP contribution in [0.15, 0.2) is 0 Å². The standard InChI is InChI=1S/C75H110N22O32S/c76-58(112)47(32-130)94-69(123)43(28-57(110)111)90-72(126)50-14-7-21-97(50)75(129)46(93-68(122)42(27-56(108)109)89-71(125)49-13-6-20-96(49)74(128)45(92-67(121)41(26-55(106)107)87-65(119)36-11-4-18-80-36)30-82-60(114)38(23-52(100)101)85-63(117)34-9-2-16-78-34)31-83-61(115)39(24-53(102)103)88-70(124)48-12-5-19-95(48)73(127)44(91-66(120)40(25-54(104)105)86-64(118)35-10-3-17-79-35)29-81-59(113)37(22-51(98)99)84-62(116)33-8-1-15-77-33/h33-50,77-80,130H,1-32H2,(H2,76,112)(H,81,113)(H,82,114)(H,83,115)(H,84,116)(H,85,117)(H,86,118)(H,87,119)(H,88,124)(H,89,125)(H,90,126)(H,91,120)(H,92,121)(H,93,122)(H,94,123)(H,98,99)(H,100,101)(H,102,103)(H,104,105)(H,106,107)(H,108,109)(H,110,111)/t33-,34-,35-,36-,37-,38-,39-,40-,41-,42-,43-,44-,45-,46-,47-,48-,49-,50-/m0/s1. The van der Waals surface area contributed by atoms with Crippen molar-refractivity contribution in [2.24, 2.45) is 5.73 Å². The number of hydrogen-bond acceptors (Lipinski definition) is 30. The topological polar surface area (TPSA) is 821 Å². The number of primary amides is 1. The van der Waals surface area contributed by atoms with Crippen LogP contribution in [-0.4, -0.2) is 379 Å². The number of nitrogens with one attached hydrogen (secondary N) is 18. The van der Waals surface area contributed by atoms with Gasteiger partial charge in [0.05, 0.1) is 69.1 Å². The van der Waals surface area contributed by atoms with E-state index in [1.807, 2.05) is 0 Å². The molecule has 0 unspecified atom stereocenters. The summed E-state index contributed by atoms with van der Waals surface area (Å²) in [4.78, 5) is 342. The van der Waals surface area contributed by atoms with Crippen molar-refractivity contribution in [2.45, 2.75) is 244 Å². The first kappa shape index (κ1) is 104. The lowest BCUT2D eigenvalue weighted by atomic mass is 10.1. The second-order valence-corrected chi connectivity index (χ2v) is 32.2. The van der Waals surface area contributed by atoms with E-state index in [1.54, 1.807) is 0 Å². The first-order valence-electron chi connectivity index (χ1n) is 42.0. The summed E-state index contributed by atoms with van der Waals surface area (Å²) < 4.78 is 0. The second-order valence-electron chi connectivity index (χ2n) is 31.8. The predicted octanol–water partition coefficient (Wildman–Crippen LogP) is -13.6. The molecule has 0 radical (unpaired) electrons. The number of aliphatic carboxylic acids is 7. The predicted molar refractivity (Wildman–Crippen MR) is 437 cm³/mol. The first-order valence-corrected chi connectivity index (χ1v) is 42.6. The van der Waals surface area contributed by atoms with Crippen LogP contribution in [0.4, 0.5) is 0 Å². The molecule has 718 valence electrons. The Morgan fingerprint density at radius 3 is 0.654 bits per heavy atom. The molecule has 7 heterocycles. The van der Waals surface area contributed by atoms with Crippen LogP contribution >= 0.6 is 12.6 Å². The molecule has 18 atom stereocenters. The van der Waals surface area contributed by atoms with E-state index in [4.69, 9.17) is 5.73 Å². The van der Waals surface area contributed by atoms with E-state index < -0.39 is 347 Å². The number of hydrogen-bond donors (Lipinski definition) is 27. The van der Waals surface area contributed by atoms with Crippen LogP contribution in [0.2, 0.25) is 0 Å². The van der Waals surface area contributed by atoms with Crippen LogP contribution in [0.3, 0.4) is 0 Å². The lowest BCUT2D eigenvalue weighted by Crippen LogP contribution is -2.63. The van der Waals surface area contributed by atoms with Crippen molar-refractivity contribution in [1.29, 1.82) is 0 Å². The van der Waals surface area contributed by atoms with Gasteiger partial charge in [-0.1, -0.05) is 0 Å². The zero-order valence-corrected chi connectivity index (χ0v) is 71.1. The number of carboxylic acids is 7. The Morgan fingerprint density at radius 2 is 0.469 bits per heavy atom. The van der Waals surface area contributed by atoms with Gasteiger partial charge in [0, 0.05) is 45.0 Å². The van der Waals surface area contributed by atoms with E-state index in [0.29, 0.717) is 64.7 Å². The maximum Gasteiger partial charge on any atom is 0.305 e. The molecule has 0 spiro atoms. The molecule has 0 saturated carbocycles. The third kappa shape index (κ3) is 31.4. The molecule has 7 aliphatic heterocycles. The molecule has 130 heavy (non-hydrogen) atoms. The quantitative estimate of drug-likeness (QED) is 0.0252. The van der Waals surface area contributed by atoms with E-state index in [2.05, 4.69) is 108 Å². The monoisotopic (exact) mass is 1860 g/mol. The summed E-state index contributed by atoms with van der Waals surface area (Å²) >= 11 is 3.95. The van der Waals surface area contributed by atoms with Gasteiger partial charge >= 0.3 is 41.8 Å². The number of rotatable bonds is 50. The van der Waals surface area contributed by atoms with Gasteiger partial charge in [0.15, 0.2) is 0 Å². The average molecular weight is 1860 g/mol. The van der Waals surface area contributed by atoms with Gasteiger partial charge in [-0.2, -0.15) is 12.6 Å². The first-order chi connectivity index (χ1) is 61.5. The van der Waals surface area contributed by atoms with Crippen LogP contribution in [0.1, 0.15) is 135 Å². The highest BCUT2D eigenvalue weighted by Gasteiger charge is 2.47. The number of carbonyl (C=O) groups is 25. The van der Waals surface area contributed by atoms with Gasteiger partial charge in [0.25, 0.3) is 0 Å². The zero-order valence-electron chi connectivity index (χ0n) is 70.2. The van der Waals surface area contributed by atoms with Crippen molar-refractivity contribution < 1.29 is 156 Å². The SMILES string of the molecule is NC(=O)[C@H](CS)NC(=O)[C@H](CC(=O)O)NC(=O)[C@@H]1CCCN1C(=O)[C@H](CNC(=O)[C@H](CC(=O)O)NC(=O)[C@@H]1CCCN1C(=O)[C@H](CNC(=O)[C@H](CC(=O)O)NC(=O)[C@@H]1CCCN1)NC(=O)[C@H](CC(=O)O)NC(=O)[C@@H]1CCCN1)NC(=O)[C@H](CC(=O)O)NC(=O)[C@@H]1CCCN1C(=O)[C@H](CNC(=O)[C@H](CC(=O)O)NC(=O)[C@@H]1CCCN1)NC(=O)[C@H](CC(=O)O)NC(=O)[C@@H]1CCCN1. The Hall–Kier alpha value is -13.1. The molecule has 0 aromatic carbocycles. The highest BCUT2D eigenvalue weighted by atomic mass is 32.1. The number of thiol groups is 1. The molecule has 0 aromatic rings. The maximum atomic E-state index is 15.2. The Balaban J connectivity index is 1.18. The Kier molecular flexibility index (Phi) is 40.0. The Bertz CT molecular complexity index is 4290. The van der Waals surface area contributed by atoms with E-state index in [1.165, 1.54) is 0 Å². The molecule has 0 bridgehead atoms. The van der Waals surface area contributed by atoms with Gasteiger partial charge in [0.1, 0.15) is 84.6 Å². The molecule has 18 amide bonds. The van der Waals surface area contributed by atoms with E-state index in [9.17, 15) is 146 Å². The van der Waals surface area contributed by atoms with Crippen molar-refractivity contribution in [3.63, 3.8) is 0 Å². The van der Waals surface area contributed by atoms with Gasteiger partial charge in [-0.15, -0.1) is 0 Å². The van der Waals surface area contributed by atoms with Crippen molar-refractivity contribution >= 4 is 161 Å². The molecular weight excluding hydrogens is 1750 g/mol. The number of carboxylic acid groups (broad SMARTS) is 7. The average Bonchev–Trinajstić information content (AvgIpc) is 1.71. The lowest BCUT2D eigenvalue weighted by molar-refractivity contribution is -0.146.